The average Bonchev–Trinajstić information content (AvgIpc) is 2.56. The lowest BCUT2D eigenvalue weighted by molar-refractivity contribution is -0.144. The zero-order valence-electron chi connectivity index (χ0n) is 14.3. The summed E-state index contributed by atoms with van der Waals surface area (Å²) in [5, 5.41) is 25.8. The zero-order valence-corrected chi connectivity index (χ0v) is 15.1. The summed E-state index contributed by atoms with van der Waals surface area (Å²) in [7, 11) is 0. The van der Waals surface area contributed by atoms with Gasteiger partial charge < -0.3 is 4.74 Å². The number of rotatable bonds is 11. The third-order valence-electron chi connectivity index (χ3n) is 3.36. The van der Waals surface area contributed by atoms with Crippen molar-refractivity contribution in [1.29, 1.82) is 10.5 Å². The molecule has 0 N–H and O–H groups in total. The number of halogens is 1. The van der Waals surface area contributed by atoms with E-state index in [9.17, 15) is 20.1 Å². The molecule has 132 valence electrons. The number of carbonyl (C=O) groups is 2. The number of esters is 1. The molecular weight excluding hydrogens is 332 g/mol. The fourth-order valence-electron chi connectivity index (χ4n) is 1.57. The van der Waals surface area contributed by atoms with Crippen LogP contribution in [0.4, 0.5) is 0 Å². The van der Waals surface area contributed by atoms with Crippen molar-refractivity contribution in [3.63, 3.8) is 0 Å². The summed E-state index contributed by atoms with van der Waals surface area (Å²) in [6.45, 7) is 5.39. The van der Waals surface area contributed by atoms with Crippen LogP contribution >= 0.6 is 11.6 Å². The molecule has 0 aliphatic heterocycles. The second-order valence-electron chi connectivity index (χ2n) is 5.90. The number of nitrogens with zero attached hydrogens (tertiary/aromatic N) is 4. The smallest absolute Gasteiger partial charge is 0.305 e. The maximum Gasteiger partial charge on any atom is 0.305 e. The average molecular weight is 355 g/mol. The van der Waals surface area contributed by atoms with Crippen molar-refractivity contribution in [2.45, 2.75) is 70.4 Å². The summed E-state index contributed by atoms with van der Waals surface area (Å²) < 4.78 is 5.03. The van der Waals surface area contributed by atoms with Crippen molar-refractivity contribution in [1.82, 2.24) is 0 Å². The van der Waals surface area contributed by atoms with Crippen molar-refractivity contribution in [2.24, 2.45) is 10.2 Å². The van der Waals surface area contributed by atoms with Gasteiger partial charge in [-0.05, 0) is 44.7 Å². The quantitative estimate of drug-likeness (QED) is 0.243. The van der Waals surface area contributed by atoms with Gasteiger partial charge in [0.2, 0.25) is 5.24 Å². The minimum atomic E-state index is -1.25. The SMILES string of the molecule is CCCCOC(=O)CCC(C)(C#N)N=NC(C)(C#N)CCC(=O)Cl. The lowest BCUT2D eigenvalue weighted by Gasteiger charge is -2.19. The topological polar surface area (TPSA) is 116 Å². The largest absolute Gasteiger partial charge is 0.466 e. The van der Waals surface area contributed by atoms with Crippen LogP contribution in [0.25, 0.3) is 0 Å². The molecular formula is C16H23ClN4O3. The van der Waals surface area contributed by atoms with Gasteiger partial charge in [0.1, 0.15) is 0 Å². The van der Waals surface area contributed by atoms with Gasteiger partial charge in [-0.1, -0.05) is 13.3 Å². The second-order valence-corrected chi connectivity index (χ2v) is 6.32. The van der Waals surface area contributed by atoms with Gasteiger partial charge in [-0.2, -0.15) is 20.8 Å². The molecule has 0 aromatic carbocycles. The summed E-state index contributed by atoms with van der Waals surface area (Å²) >= 11 is 5.27. The van der Waals surface area contributed by atoms with E-state index in [1.165, 1.54) is 13.8 Å². The van der Waals surface area contributed by atoms with Gasteiger partial charge in [-0.25, -0.2) is 0 Å². The number of hydrogen-bond acceptors (Lipinski definition) is 7. The first-order valence-electron chi connectivity index (χ1n) is 7.81. The molecule has 2 unspecified atom stereocenters. The summed E-state index contributed by atoms with van der Waals surface area (Å²) in [6, 6.07) is 3.95. The Morgan fingerprint density at radius 3 is 2.00 bits per heavy atom. The first-order chi connectivity index (χ1) is 11.2. The number of unbranched alkanes of at least 4 members (excludes halogenated alkanes) is 1. The van der Waals surface area contributed by atoms with Crippen LogP contribution in [0.5, 0.6) is 0 Å². The predicted octanol–water partition coefficient (Wildman–Crippen LogP) is 3.67. The standard InChI is InChI=1S/C16H23ClN4O3/c1-4-5-10-24-14(23)7-9-16(3,12-19)21-20-15(2,11-18)8-6-13(17)22/h4-10H2,1-3H3. The minimum absolute atomic E-state index is 0.0162. The van der Waals surface area contributed by atoms with Gasteiger partial charge in [0.15, 0.2) is 11.1 Å². The summed E-state index contributed by atoms with van der Waals surface area (Å²) in [6.07, 6.45) is 1.98. The molecule has 8 heteroatoms. The van der Waals surface area contributed by atoms with Crippen LogP contribution in [-0.4, -0.2) is 28.9 Å². The highest BCUT2D eigenvalue weighted by Crippen LogP contribution is 2.23. The summed E-state index contributed by atoms with van der Waals surface area (Å²) in [4.78, 5) is 22.4. The number of hydrogen-bond donors (Lipinski definition) is 0. The van der Waals surface area contributed by atoms with E-state index in [4.69, 9.17) is 16.3 Å². The maximum absolute atomic E-state index is 11.6. The van der Waals surface area contributed by atoms with Crippen LogP contribution in [0, 0.1) is 22.7 Å². The minimum Gasteiger partial charge on any atom is -0.466 e. The molecule has 0 heterocycles. The molecule has 0 spiro atoms. The van der Waals surface area contributed by atoms with Crippen molar-refractivity contribution < 1.29 is 14.3 Å². The van der Waals surface area contributed by atoms with Gasteiger partial charge in [0.25, 0.3) is 0 Å². The van der Waals surface area contributed by atoms with Gasteiger partial charge in [-0.15, -0.1) is 0 Å². The lowest BCUT2D eigenvalue weighted by atomic mass is 9.98. The van der Waals surface area contributed by atoms with Gasteiger partial charge in [0.05, 0.1) is 18.7 Å². The molecule has 0 radical (unpaired) electrons. The normalized spacial score (nSPS) is 15.8. The Morgan fingerprint density at radius 1 is 1.08 bits per heavy atom. The van der Waals surface area contributed by atoms with Crippen molar-refractivity contribution in [2.75, 3.05) is 6.61 Å². The highest BCUT2D eigenvalue weighted by atomic mass is 35.5. The van der Waals surface area contributed by atoms with Crippen molar-refractivity contribution in [3.8, 4) is 12.1 Å². The van der Waals surface area contributed by atoms with Crippen LogP contribution in [0.15, 0.2) is 10.2 Å². The Kier molecular flexibility index (Phi) is 9.83. The van der Waals surface area contributed by atoms with E-state index in [0.717, 1.165) is 12.8 Å². The molecule has 24 heavy (non-hydrogen) atoms. The van der Waals surface area contributed by atoms with E-state index >= 15 is 0 Å². The van der Waals surface area contributed by atoms with Crippen molar-refractivity contribution >= 4 is 22.8 Å². The zero-order chi connectivity index (χ0) is 18.6. The first-order valence-corrected chi connectivity index (χ1v) is 8.18. The first kappa shape index (κ1) is 22.0. The van der Waals surface area contributed by atoms with Crippen LogP contribution in [0.2, 0.25) is 0 Å². The predicted molar refractivity (Wildman–Crippen MR) is 88.1 cm³/mol. The van der Waals surface area contributed by atoms with Crippen molar-refractivity contribution in [3.05, 3.63) is 0 Å². The highest BCUT2D eigenvalue weighted by Gasteiger charge is 2.29. The molecule has 0 aliphatic rings. The molecule has 0 bridgehead atoms. The molecule has 0 aromatic rings. The number of carbonyl (C=O) groups excluding carboxylic acids is 2. The molecule has 0 aliphatic carbocycles. The van der Waals surface area contributed by atoms with Crippen LogP contribution in [0.1, 0.15) is 59.3 Å². The van der Waals surface area contributed by atoms with E-state index in [2.05, 4.69) is 10.2 Å². The molecule has 0 amide bonds. The van der Waals surface area contributed by atoms with E-state index in [-0.39, 0.29) is 25.7 Å². The molecule has 0 aromatic heterocycles. The third-order valence-corrected chi connectivity index (χ3v) is 3.55. The molecule has 0 rings (SSSR count). The number of ether oxygens (including phenoxy) is 1. The molecule has 0 saturated carbocycles. The molecule has 0 fully saturated rings. The second kappa shape index (κ2) is 10.7. The fraction of sp³-hybridized carbons (Fsp3) is 0.750. The van der Waals surface area contributed by atoms with Gasteiger partial charge in [-0.3, -0.25) is 9.59 Å². The maximum atomic E-state index is 11.6. The van der Waals surface area contributed by atoms with E-state index in [0.29, 0.717) is 6.61 Å². The number of azo groups is 1. The molecule has 2 atom stereocenters. The summed E-state index contributed by atoms with van der Waals surface area (Å²) in [5.74, 6) is -0.393. The van der Waals surface area contributed by atoms with Gasteiger partial charge in [0, 0.05) is 12.8 Å². The van der Waals surface area contributed by atoms with E-state index in [1.807, 2.05) is 19.1 Å². The Hall–Kier alpha value is -1.99. The fourth-order valence-corrected chi connectivity index (χ4v) is 1.66. The summed E-state index contributed by atoms with van der Waals surface area (Å²) in [5.41, 5.74) is -2.49. The highest BCUT2D eigenvalue weighted by molar-refractivity contribution is 6.63. The van der Waals surface area contributed by atoms with Crippen LogP contribution < -0.4 is 0 Å². The van der Waals surface area contributed by atoms with Gasteiger partial charge >= 0.3 is 5.97 Å². The number of nitriles is 2. The Labute approximate surface area is 147 Å². The monoisotopic (exact) mass is 354 g/mol. The lowest BCUT2D eigenvalue weighted by Crippen LogP contribution is -2.25. The Bertz CT molecular complexity index is 553. The Balaban J connectivity index is 4.74. The van der Waals surface area contributed by atoms with Crippen LogP contribution in [0.3, 0.4) is 0 Å². The third kappa shape index (κ3) is 9.22. The van der Waals surface area contributed by atoms with Crippen LogP contribution in [-0.2, 0) is 14.3 Å². The molecule has 7 nitrogen and oxygen atoms in total. The molecule has 0 saturated heterocycles. The van der Waals surface area contributed by atoms with E-state index < -0.39 is 22.3 Å². The van der Waals surface area contributed by atoms with E-state index in [1.54, 1.807) is 0 Å². The Morgan fingerprint density at radius 2 is 1.58 bits per heavy atom.